The zero-order valence-electron chi connectivity index (χ0n) is 9.76. The molecular formula is C11H15BrClN3S. The normalized spacial score (nSPS) is 10.4. The highest BCUT2D eigenvalue weighted by molar-refractivity contribution is 9.10. The van der Waals surface area contributed by atoms with Crippen molar-refractivity contribution in [2.24, 2.45) is 0 Å². The van der Waals surface area contributed by atoms with Gasteiger partial charge in [0.25, 0.3) is 0 Å². The van der Waals surface area contributed by atoms with Crippen molar-refractivity contribution in [3.05, 3.63) is 27.7 Å². The molecule has 0 fully saturated rings. The van der Waals surface area contributed by atoms with Crippen LogP contribution >= 0.6 is 39.7 Å². The molecule has 1 aromatic carbocycles. The van der Waals surface area contributed by atoms with E-state index in [1.165, 1.54) is 0 Å². The molecule has 6 heteroatoms. The highest BCUT2D eigenvalue weighted by Crippen LogP contribution is 2.25. The van der Waals surface area contributed by atoms with Crippen molar-refractivity contribution >= 4 is 50.5 Å². The molecule has 0 saturated carbocycles. The van der Waals surface area contributed by atoms with Gasteiger partial charge in [-0.15, -0.1) is 0 Å². The molecule has 0 aromatic heterocycles. The number of rotatable bonds is 4. The maximum atomic E-state index is 5.99. The van der Waals surface area contributed by atoms with Gasteiger partial charge in [0, 0.05) is 23.2 Å². The topological polar surface area (TPSA) is 27.3 Å². The molecule has 3 nitrogen and oxygen atoms in total. The van der Waals surface area contributed by atoms with E-state index in [0.29, 0.717) is 10.1 Å². The SMILES string of the molecule is CN(C)CCNC(=S)Nc1ccc(Br)c(Cl)c1. The van der Waals surface area contributed by atoms with Gasteiger partial charge in [-0.3, -0.25) is 0 Å². The smallest absolute Gasteiger partial charge is 0.170 e. The highest BCUT2D eigenvalue weighted by atomic mass is 79.9. The lowest BCUT2D eigenvalue weighted by Crippen LogP contribution is -2.34. The molecule has 0 aliphatic rings. The van der Waals surface area contributed by atoms with Crippen molar-refractivity contribution < 1.29 is 0 Å². The molecule has 0 heterocycles. The minimum atomic E-state index is 0.602. The lowest BCUT2D eigenvalue weighted by molar-refractivity contribution is 0.413. The minimum Gasteiger partial charge on any atom is -0.361 e. The molecule has 0 aliphatic carbocycles. The Hall–Kier alpha value is -0.360. The number of hydrogen-bond donors (Lipinski definition) is 2. The van der Waals surface area contributed by atoms with Gasteiger partial charge in [-0.05, 0) is 60.4 Å². The number of likely N-dealkylation sites (N-methyl/N-ethyl adjacent to an activating group) is 1. The number of halogens is 2. The van der Waals surface area contributed by atoms with E-state index in [4.69, 9.17) is 23.8 Å². The summed E-state index contributed by atoms with van der Waals surface area (Å²) < 4.78 is 0.871. The maximum Gasteiger partial charge on any atom is 0.170 e. The first-order valence-electron chi connectivity index (χ1n) is 5.13. The number of thiocarbonyl (C=S) groups is 1. The Labute approximate surface area is 121 Å². The molecule has 2 N–H and O–H groups in total. The third-order valence-electron chi connectivity index (χ3n) is 2.02. The molecule has 0 bridgehead atoms. The number of hydrogen-bond acceptors (Lipinski definition) is 2. The van der Waals surface area contributed by atoms with Crippen LogP contribution in [0.5, 0.6) is 0 Å². The number of nitrogens with zero attached hydrogens (tertiary/aromatic N) is 1. The lowest BCUT2D eigenvalue weighted by Gasteiger charge is -2.13. The molecule has 0 saturated heterocycles. The Kier molecular flexibility index (Phi) is 6.19. The molecule has 0 unspecified atom stereocenters. The Bertz CT molecular complexity index is 398. The monoisotopic (exact) mass is 335 g/mol. The van der Waals surface area contributed by atoms with Crippen molar-refractivity contribution in [2.75, 3.05) is 32.5 Å². The van der Waals surface area contributed by atoms with Crippen molar-refractivity contribution in [3.8, 4) is 0 Å². The molecule has 94 valence electrons. The second kappa shape index (κ2) is 7.16. The fourth-order valence-corrected chi connectivity index (χ4v) is 1.79. The Balaban J connectivity index is 2.42. The number of anilines is 1. The van der Waals surface area contributed by atoms with Gasteiger partial charge < -0.3 is 15.5 Å². The van der Waals surface area contributed by atoms with Crippen molar-refractivity contribution in [1.82, 2.24) is 10.2 Å². The summed E-state index contributed by atoms with van der Waals surface area (Å²) in [5, 5.41) is 7.46. The molecule has 0 amide bonds. The maximum absolute atomic E-state index is 5.99. The van der Waals surface area contributed by atoms with Gasteiger partial charge in [-0.1, -0.05) is 11.6 Å². The van der Waals surface area contributed by atoms with Gasteiger partial charge in [-0.25, -0.2) is 0 Å². The quantitative estimate of drug-likeness (QED) is 0.827. The summed E-state index contributed by atoms with van der Waals surface area (Å²) in [6.45, 7) is 1.74. The van der Waals surface area contributed by atoms with E-state index in [1.54, 1.807) is 0 Å². The molecule has 0 radical (unpaired) electrons. The summed E-state index contributed by atoms with van der Waals surface area (Å²) in [5.41, 5.74) is 0.876. The van der Waals surface area contributed by atoms with Crippen LogP contribution in [0.15, 0.2) is 22.7 Å². The molecule has 17 heavy (non-hydrogen) atoms. The Morgan fingerprint density at radius 1 is 1.47 bits per heavy atom. The third kappa shape index (κ3) is 5.68. The lowest BCUT2D eigenvalue weighted by atomic mass is 10.3. The third-order valence-corrected chi connectivity index (χ3v) is 3.50. The van der Waals surface area contributed by atoms with Crippen LogP contribution in [0.2, 0.25) is 5.02 Å². The predicted octanol–water partition coefficient (Wildman–Crippen LogP) is 2.95. The highest BCUT2D eigenvalue weighted by Gasteiger charge is 2.01. The predicted molar refractivity (Wildman–Crippen MR) is 81.9 cm³/mol. The molecule has 0 aliphatic heterocycles. The number of benzene rings is 1. The first-order chi connectivity index (χ1) is 7.99. The molecule has 1 rings (SSSR count). The van der Waals surface area contributed by atoms with Gasteiger partial charge in [-0.2, -0.15) is 0 Å². The van der Waals surface area contributed by atoms with Crippen molar-refractivity contribution in [2.45, 2.75) is 0 Å². The van der Waals surface area contributed by atoms with Crippen LogP contribution in [-0.2, 0) is 0 Å². The van der Waals surface area contributed by atoms with Gasteiger partial charge in [0.1, 0.15) is 0 Å². The zero-order valence-corrected chi connectivity index (χ0v) is 12.9. The second-order valence-electron chi connectivity index (χ2n) is 3.81. The van der Waals surface area contributed by atoms with Crippen LogP contribution < -0.4 is 10.6 Å². The van der Waals surface area contributed by atoms with Gasteiger partial charge in [0.2, 0.25) is 0 Å². The summed E-state index contributed by atoms with van der Waals surface area (Å²) in [6.07, 6.45) is 0. The largest absolute Gasteiger partial charge is 0.361 e. The van der Waals surface area contributed by atoms with Crippen LogP contribution in [0.25, 0.3) is 0 Å². The second-order valence-corrected chi connectivity index (χ2v) is 5.48. The van der Waals surface area contributed by atoms with Crippen LogP contribution in [0, 0.1) is 0 Å². The summed E-state index contributed by atoms with van der Waals surface area (Å²) in [6, 6.07) is 5.62. The molecular weight excluding hydrogens is 322 g/mol. The number of nitrogens with one attached hydrogen (secondary N) is 2. The van der Waals surface area contributed by atoms with E-state index >= 15 is 0 Å². The van der Waals surface area contributed by atoms with Crippen LogP contribution in [0.3, 0.4) is 0 Å². The standard InChI is InChI=1S/C11H15BrClN3S/c1-16(2)6-5-14-11(17)15-8-3-4-9(12)10(13)7-8/h3-4,7H,5-6H2,1-2H3,(H2,14,15,17). The first-order valence-corrected chi connectivity index (χ1v) is 6.71. The van der Waals surface area contributed by atoms with Crippen molar-refractivity contribution in [3.63, 3.8) is 0 Å². The van der Waals surface area contributed by atoms with E-state index in [2.05, 4.69) is 31.5 Å². The van der Waals surface area contributed by atoms with Gasteiger partial charge in [0.15, 0.2) is 5.11 Å². The molecule has 0 spiro atoms. The summed E-state index contributed by atoms with van der Waals surface area (Å²) in [7, 11) is 4.04. The summed E-state index contributed by atoms with van der Waals surface area (Å²) in [5.74, 6) is 0. The summed E-state index contributed by atoms with van der Waals surface area (Å²) in [4.78, 5) is 2.09. The zero-order chi connectivity index (χ0) is 12.8. The van der Waals surface area contributed by atoms with E-state index in [-0.39, 0.29) is 0 Å². The molecule has 1 aromatic rings. The summed E-state index contributed by atoms with van der Waals surface area (Å²) >= 11 is 14.5. The fourth-order valence-electron chi connectivity index (χ4n) is 1.14. The van der Waals surface area contributed by atoms with Gasteiger partial charge in [0.05, 0.1) is 5.02 Å². The average molecular weight is 337 g/mol. The first kappa shape index (κ1) is 14.7. The van der Waals surface area contributed by atoms with Crippen LogP contribution in [0.4, 0.5) is 5.69 Å². The van der Waals surface area contributed by atoms with Crippen molar-refractivity contribution in [1.29, 1.82) is 0 Å². The average Bonchev–Trinajstić information content (AvgIpc) is 2.23. The Morgan fingerprint density at radius 3 is 2.76 bits per heavy atom. The van der Waals surface area contributed by atoms with E-state index in [9.17, 15) is 0 Å². The van der Waals surface area contributed by atoms with Crippen LogP contribution in [-0.4, -0.2) is 37.2 Å². The fraction of sp³-hybridized carbons (Fsp3) is 0.364. The Morgan fingerprint density at radius 2 is 2.18 bits per heavy atom. The van der Waals surface area contributed by atoms with E-state index in [0.717, 1.165) is 23.2 Å². The van der Waals surface area contributed by atoms with Gasteiger partial charge >= 0.3 is 0 Å². The van der Waals surface area contributed by atoms with E-state index < -0.39 is 0 Å². The van der Waals surface area contributed by atoms with Crippen LogP contribution in [0.1, 0.15) is 0 Å². The van der Waals surface area contributed by atoms with E-state index in [1.807, 2.05) is 32.3 Å². The minimum absolute atomic E-state index is 0.602. The molecule has 0 atom stereocenters.